The molecule has 0 fully saturated rings. The van der Waals surface area contributed by atoms with Gasteiger partial charge in [-0.1, -0.05) is 36.4 Å². The molecule has 2 aromatic carbocycles. The van der Waals surface area contributed by atoms with Crippen LogP contribution in [0.4, 0.5) is 0 Å². The number of para-hydroxylation sites is 1. The van der Waals surface area contributed by atoms with E-state index in [9.17, 15) is 4.79 Å². The Labute approximate surface area is 197 Å². The van der Waals surface area contributed by atoms with E-state index >= 15 is 0 Å². The first-order valence-electron chi connectivity index (χ1n) is 11.2. The van der Waals surface area contributed by atoms with Crippen LogP contribution in [0.1, 0.15) is 29.5 Å². The maximum atomic E-state index is 12.4. The highest BCUT2D eigenvalue weighted by atomic mass is 32.1. The van der Waals surface area contributed by atoms with Gasteiger partial charge < -0.3 is 14.6 Å². The molecule has 0 saturated carbocycles. The van der Waals surface area contributed by atoms with Crippen molar-refractivity contribution in [1.82, 2.24) is 25.0 Å². The van der Waals surface area contributed by atoms with E-state index in [-0.39, 0.29) is 18.6 Å². The molecular formula is C25H27N5O2S. The molecule has 5 rings (SSSR count). The molecule has 0 bridgehead atoms. The topological polar surface area (TPSA) is 72.3 Å². The van der Waals surface area contributed by atoms with Gasteiger partial charge in [-0.05, 0) is 36.6 Å². The van der Waals surface area contributed by atoms with E-state index in [2.05, 4.69) is 55.3 Å². The first-order chi connectivity index (χ1) is 16.2. The maximum absolute atomic E-state index is 12.4. The van der Waals surface area contributed by atoms with Crippen molar-refractivity contribution in [1.29, 1.82) is 0 Å². The Hall–Kier alpha value is -3.23. The molecule has 2 aromatic heterocycles. The minimum atomic E-state index is -0.243. The highest BCUT2D eigenvalue weighted by Gasteiger charge is 2.23. The summed E-state index contributed by atoms with van der Waals surface area (Å²) in [5.41, 5.74) is 0. The second kappa shape index (κ2) is 9.72. The number of aromatic nitrogens is 3. The molecule has 8 heteroatoms. The van der Waals surface area contributed by atoms with E-state index in [1.807, 2.05) is 48.6 Å². The van der Waals surface area contributed by atoms with Crippen LogP contribution in [-0.2, 0) is 24.3 Å². The lowest BCUT2D eigenvalue weighted by molar-refractivity contribution is -0.123. The monoisotopic (exact) mass is 461 g/mol. The van der Waals surface area contributed by atoms with Crippen molar-refractivity contribution < 1.29 is 9.53 Å². The van der Waals surface area contributed by atoms with Gasteiger partial charge in [0.05, 0.1) is 6.04 Å². The average Bonchev–Trinajstić information content (AvgIpc) is 3.38. The summed E-state index contributed by atoms with van der Waals surface area (Å²) in [6.45, 7) is 5.53. The van der Waals surface area contributed by atoms with Gasteiger partial charge >= 0.3 is 0 Å². The summed E-state index contributed by atoms with van der Waals surface area (Å²) in [5.74, 6) is 2.27. The fraction of sp³-hybridized carbons (Fsp3) is 0.320. The molecule has 1 amide bonds. The van der Waals surface area contributed by atoms with Crippen molar-refractivity contribution in [2.45, 2.75) is 32.5 Å². The minimum absolute atomic E-state index is 0.0295. The van der Waals surface area contributed by atoms with Crippen molar-refractivity contribution in [3.05, 3.63) is 77.2 Å². The number of carbonyl (C=O) groups excluding carboxylic acids is 1. The van der Waals surface area contributed by atoms with Crippen LogP contribution in [0.15, 0.2) is 60.7 Å². The molecular weight excluding hydrogens is 434 g/mol. The lowest BCUT2D eigenvalue weighted by atomic mass is 10.2. The largest absolute Gasteiger partial charge is 0.484 e. The number of benzene rings is 2. The third-order valence-electron chi connectivity index (χ3n) is 5.88. The normalized spacial score (nSPS) is 15.1. The van der Waals surface area contributed by atoms with Crippen molar-refractivity contribution in [2.75, 3.05) is 19.7 Å². The van der Waals surface area contributed by atoms with Gasteiger partial charge in [-0.3, -0.25) is 9.69 Å². The van der Waals surface area contributed by atoms with E-state index in [1.54, 1.807) is 0 Å². The molecule has 4 aromatic rings. The summed E-state index contributed by atoms with van der Waals surface area (Å²) in [5, 5.41) is 13.1. The van der Waals surface area contributed by atoms with Crippen LogP contribution in [0.25, 0.3) is 10.1 Å². The number of fused-ring (bicyclic) bond motifs is 2. The lowest BCUT2D eigenvalue weighted by Gasteiger charge is -2.19. The minimum Gasteiger partial charge on any atom is -0.484 e. The first kappa shape index (κ1) is 21.6. The zero-order valence-corrected chi connectivity index (χ0v) is 19.4. The van der Waals surface area contributed by atoms with Gasteiger partial charge in [0.25, 0.3) is 5.91 Å². The van der Waals surface area contributed by atoms with Crippen molar-refractivity contribution >= 4 is 27.3 Å². The molecule has 7 nitrogen and oxygen atoms in total. The SMILES string of the molecule is C[C@@H](NC(=O)COc1ccccc1)c1nnc2n1CCN(Cc1cc3ccccc3s1)CC2. The predicted octanol–water partition coefficient (Wildman–Crippen LogP) is 3.81. The molecule has 0 saturated heterocycles. The molecule has 0 aliphatic carbocycles. The summed E-state index contributed by atoms with van der Waals surface area (Å²) in [6, 6.07) is 19.9. The van der Waals surface area contributed by atoms with Gasteiger partial charge in [-0.2, -0.15) is 0 Å². The molecule has 1 N–H and O–H groups in total. The van der Waals surface area contributed by atoms with Crippen LogP contribution in [0.3, 0.4) is 0 Å². The second-order valence-electron chi connectivity index (χ2n) is 8.29. The molecule has 0 unspecified atom stereocenters. The Bertz CT molecular complexity index is 1200. The van der Waals surface area contributed by atoms with E-state index < -0.39 is 0 Å². The van der Waals surface area contributed by atoms with E-state index in [4.69, 9.17) is 4.74 Å². The fourth-order valence-corrected chi connectivity index (χ4v) is 5.32. The summed E-state index contributed by atoms with van der Waals surface area (Å²) in [6.07, 6.45) is 0.843. The maximum Gasteiger partial charge on any atom is 0.258 e. The molecule has 0 spiro atoms. The van der Waals surface area contributed by atoms with Crippen LogP contribution in [0.2, 0.25) is 0 Å². The highest BCUT2D eigenvalue weighted by Crippen LogP contribution is 2.27. The van der Waals surface area contributed by atoms with Crippen LogP contribution < -0.4 is 10.1 Å². The van der Waals surface area contributed by atoms with Gasteiger partial charge in [0.2, 0.25) is 0 Å². The first-order valence-corrected chi connectivity index (χ1v) is 12.1. The smallest absolute Gasteiger partial charge is 0.258 e. The fourth-order valence-electron chi connectivity index (χ4n) is 4.22. The predicted molar refractivity (Wildman–Crippen MR) is 129 cm³/mol. The molecule has 170 valence electrons. The van der Waals surface area contributed by atoms with Gasteiger partial charge in [-0.25, -0.2) is 0 Å². The third kappa shape index (κ3) is 5.07. The summed E-state index contributed by atoms with van der Waals surface area (Å²) in [7, 11) is 0. The van der Waals surface area contributed by atoms with Gasteiger partial charge in [0.1, 0.15) is 11.6 Å². The number of carbonyl (C=O) groups is 1. The van der Waals surface area contributed by atoms with Gasteiger partial charge in [0.15, 0.2) is 12.4 Å². The van der Waals surface area contributed by atoms with Crippen LogP contribution in [0.5, 0.6) is 5.75 Å². The summed E-state index contributed by atoms with van der Waals surface area (Å²) in [4.78, 5) is 16.2. The zero-order valence-electron chi connectivity index (χ0n) is 18.6. The van der Waals surface area contributed by atoms with E-state index in [1.165, 1.54) is 15.0 Å². The number of ether oxygens (including phenoxy) is 1. The van der Waals surface area contributed by atoms with Crippen molar-refractivity contribution in [3.8, 4) is 5.75 Å². The van der Waals surface area contributed by atoms with Crippen LogP contribution in [-0.4, -0.2) is 45.3 Å². The van der Waals surface area contributed by atoms with E-state index in [0.717, 1.165) is 44.2 Å². The number of nitrogens with zero attached hydrogens (tertiary/aromatic N) is 4. The quantitative estimate of drug-likeness (QED) is 0.453. The summed E-state index contributed by atoms with van der Waals surface area (Å²) >= 11 is 1.87. The average molecular weight is 462 g/mol. The number of rotatable bonds is 7. The Morgan fingerprint density at radius 1 is 1.09 bits per heavy atom. The third-order valence-corrected chi connectivity index (χ3v) is 6.98. The zero-order chi connectivity index (χ0) is 22.6. The molecule has 1 aliphatic heterocycles. The standard InChI is InChI=1S/C25H27N5O2S/c1-18(26-24(31)17-32-20-8-3-2-4-9-20)25-28-27-23-11-12-29(13-14-30(23)25)16-21-15-19-7-5-6-10-22(19)33-21/h2-10,15,18H,11-14,16-17H2,1H3,(H,26,31)/t18-/m1/s1. The van der Waals surface area contributed by atoms with Crippen molar-refractivity contribution in [3.63, 3.8) is 0 Å². The molecule has 1 atom stereocenters. The van der Waals surface area contributed by atoms with Crippen molar-refractivity contribution in [2.24, 2.45) is 0 Å². The molecule has 33 heavy (non-hydrogen) atoms. The van der Waals surface area contributed by atoms with Crippen LogP contribution >= 0.6 is 11.3 Å². The number of amides is 1. The molecule has 0 radical (unpaired) electrons. The number of thiophene rings is 1. The highest BCUT2D eigenvalue weighted by molar-refractivity contribution is 7.19. The van der Waals surface area contributed by atoms with Crippen LogP contribution in [0, 0.1) is 0 Å². The van der Waals surface area contributed by atoms with Gasteiger partial charge in [0, 0.05) is 42.2 Å². The molecule has 1 aliphatic rings. The molecule has 3 heterocycles. The second-order valence-corrected chi connectivity index (χ2v) is 9.46. The Kier molecular flexibility index (Phi) is 6.37. The Morgan fingerprint density at radius 2 is 1.91 bits per heavy atom. The Balaban J connectivity index is 1.18. The van der Waals surface area contributed by atoms with Gasteiger partial charge in [-0.15, -0.1) is 21.5 Å². The Morgan fingerprint density at radius 3 is 2.76 bits per heavy atom. The summed E-state index contributed by atoms with van der Waals surface area (Å²) < 4.78 is 9.05. The number of hydrogen-bond acceptors (Lipinski definition) is 6. The lowest BCUT2D eigenvalue weighted by Crippen LogP contribution is -2.33. The number of nitrogens with one attached hydrogen (secondary N) is 1. The number of hydrogen-bond donors (Lipinski definition) is 1. The van der Waals surface area contributed by atoms with E-state index in [0.29, 0.717) is 5.75 Å².